The molecule has 1 saturated carbocycles. The Bertz CT molecular complexity index is 1120. The van der Waals surface area contributed by atoms with Crippen molar-refractivity contribution in [3.8, 4) is 16.9 Å². The van der Waals surface area contributed by atoms with Crippen LogP contribution < -0.4 is 4.74 Å². The van der Waals surface area contributed by atoms with E-state index in [2.05, 4.69) is 6.92 Å². The molecule has 1 aliphatic carbocycles. The third-order valence-corrected chi connectivity index (χ3v) is 6.43. The number of carbonyl (C=O) groups is 1. The lowest BCUT2D eigenvalue weighted by atomic mass is 9.78. The molecule has 172 valence electrons. The second kappa shape index (κ2) is 10.2. The first-order valence-electron chi connectivity index (χ1n) is 11.5. The molecule has 0 saturated heterocycles. The highest BCUT2D eigenvalue weighted by atomic mass is 19.2. The van der Waals surface area contributed by atoms with Gasteiger partial charge >= 0.3 is 5.97 Å². The fraction of sp³-hybridized carbons (Fsp3) is 0.321. The van der Waals surface area contributed by atoms with Crippen molar-refractivity contribution in [2.75, 3.05) is 0 Å². The highest BCUT2D eigenvalue weighted by Crippen LogP contribution is 2.39. The minimum absolute atomic E-state index is 0.154. The van der Waals surface area contributed by atoms with E-state index >= 15 is 4.39 Å². The Hall–Kier alpha value is -3.08. The molecule has 0 unspecified atom stereocenters. The van der Waals surface area contributed by atoms with Gasteiger partial charge in [-0.2, -0.15) is 0 Å². The fourth-order valence-electron chi connectivity index (χ4n) is 4.61. The van der Waals surface area contributed by atoms with Crippen LogP contribution in [-0.4, -0.2) is 5.97 Å². The van der Waals surface area contributed by atoms with Crippen molar-refractivity contribution in [1.29, 1.82) is 0 Å². The summed E-state index contributed by atoms with van der Waals surface area (Å²) in [5.41, 5.74) is 2.44. The van der Waals surface area contributed by atoms with Gasteiger partial charge in [-0.1, -0.05) is 55.8 Å². The maximum Gasteiger partial charge on any atom is 0.314 e. The molecule has 1 fully saturated rings. The van der Waals surface area contributed by atoms with E-state index in [1.54, 1.807) is 12.1 Å². The van der Waals surface area contributed by atoms with E-state index in [9.17, 15) is 13.6 Å². The van der Waals surface area contributed by atoms with E-state index < -0.39 is 23.4 Å². The third kappa shape index (κ3) is 5.29. The maximum atomic E-state index is 15.0. The number of hydrogen-bond acceptors (Lipinski definition) is 2. The predicted octanol–water partition coefficient (Wildman–Crippen LogP) is 7.60. The molecule has 0 aliphatic heterocycles. The summed E-state index contributed by atoms with van der Waals surface area (Å²) in [5.74, 6) is -2.83. The number of carbonyl (C=O) groups excluding carboxylic acids is 1. The summed E-state index contributed by atoms with van der Waals surface area (Å²) in [5, 5.41) is 0. The minimum Gasteiger partial charge on any atom is -0.426 e. The van der Waals surface area contributed by atoms with Gasteiger partial charge in [-0.05, 0) is 66.8 Å². The van der Waals surface area contributed by atoms with Crippen molar-refractivity contribution < 1.29 is 22.7 Å². The molecule has 0 radical (unpaired) electrons. The topological polar surface area (TPSA) is 26.3 Å². The van der Waals surface area contributed by atoms with Gasteiger partial charge in [-0.3, -0.25) is 4.79 Å². The average molecular weight is 453 g/mol. The first kappa shape index (κ1) is 23.1. The van der Waals surface area contributed by atoms with Crippen molar-refractivity contribution in [3.05, 3.63) is 89.2 Å². The Morgan fingerprint density at radius 2 is 1.64 bits per heavy atom. The molecule has 3 aromatic rings. The summed E-state index contributed by atoms with van der Waals surface area (Å²) in [6, 6.07) is 16.3. The van der Waals surface area contributed by atoms with Crippen molar-refractivity contribution in [2.45, 2.75) is 51.4 Å². The second-order valence-electron chi connectivity index (χ2n) is 8.70. The molecule has 5 heteroatoms. The lowest BCUT2D eigenvalue weighted by Gasteiger charge is -2.28. The summed E-state index contributed by atoms with van der Waals surface area (Å²) >= 11 is 0. The number of ether oxygens (including phenoxy) is 1. The molecule has 2 nitrogen and oxygen atoms in total. The number of halogens is 3. The van der Waals surface area contributed by atoms with Gasteiger partial charge in [0.2, 0.25) is 0 Å². The molecule has 0 amide bonds. The van der Waals surface area contributed by atoms with E-state index in [0.717, 1.165) is 12.8 Å². The second-order valence-corrected chi connectivity index (χ2v) is 8.70. The molecule has 4 rings (SSSR count). The number of rotatable bonds is 6. The predicted molar refractivity (Wildman–Crippen MR) is 123 cm³/mol. The van der Waals surface area contributed by atoms with Gasteiger partial charge in [0.25, 0.3) is 0 Å². The largest absolute Gasteiger partial charge is 0.426 e. The third-order valence-electron chi connectivity index (χ3n) is 6.43. The van der Waals surface area contributed by atoms with E-state index in [1.807, 2.05) is 24.3 Å². The number of esters is 1. The molecule has 33 heavy (non-hydrogen) atoms. The van der Waals surface area contributed by atoms with E-state index in [-0.39, 0.29) is 23.1 Å². The van der Waals surface area contributed by atoms with Crippen LogP contribution in [0.5, 0.6) is 5.75 Å². The minimum atomic E-state index is -0.830. The van der Waals surface area contributed by atoms with Gasteiger partial charge in [0.1, 0.15) is 11.6 Å². The van der Waals surface area contributed by atoms with Crippen LogP contribution in [0.2, 0.25) is 0 Å². The van der Waals surface area contributed by atoms with Gasteiger partial charge in [0.05, 0.1) is 5.92 Å². The number of aryl methyl sites for hydroxylation is 1. The number of benzene rings is 3. The Labute approximate surface area is 192 Å². The first-order valence-corrected chi connectivity index (χ1v) is 11.5. The summed E-state index contributed by atoms with van der Waals surface area (Å²) in [4.78, 5) is 12.4. The standard InChI is InChI=1S/C28H27F3O2/c1-2-4-18-7-9-19(10-8-18)24-15-16-25(27(31)26(24)30)20-11-13-21(14-12-20)28(32)33-23-6-3-5-22(29)17-23/h3,5-10,15-17,20-21H,2,4,11-14H2,1H3. The SMILES string of the molecule is CCCc1ccc(-c2ccc(C3CCC(C(=O)Oc4cccc(F)c4)CC3)c(F)c2F)cc1. The van der Waals surface area contributed by atoms with Crippen LogP contribution in [0.3, 0.4) is 0 Å². The Morgan fingerprint density at radius 1 is 0.909 bits per heavy atom. The monoisotopic (exact) mass is 452 g/mol. The molecule has 0 bridgehead atoms. The van der Waals surface area contributed by atoms with Crippen LogP contribution in [0, 0.1) is 23.4 Å². The molecular weight excluding hydrogens is 425 g/mol. The highest BCUT2D eigenvalue weighted by molar-refractivity contribution is 5.75. The first-order chi connectivity index (χ1) is 16.0. The summed E-state index contributed by atoms with van der Waals surface area (Å²) in [7, 11) is 0. The van der Waals surface area contributed by atoms with Crippen LogP contribution in [0.4, 0.5) is 13.2 Å². The maximum absolute atomic E-state index is 15.0. The smallest absolute Gasteiger partial charge is 0.314 e. The molecular formula is C28H27F3O2. The van der Waals surface area contributed by atoms with Gasteiger partial charge in [0.15, 0.2) is 11.6 Å². The molecule has 3 aromatic carbocycles. The summed E-state index contributed by atoms with van der Waals surface area (Å²) < 4.78 is 48.6. The molecule has 0 N–H and O–H groups in total. The van der Waals surface area contributed by atoms with E-state index in [4.69, 9.17) is 4.74 Å². The molecule has 1 aliphatic rings. The van der Waals surface area contributed by atoms with Crippen LogP contribution >= 0.6 is 0 Å². The van der Waals surface area contributed by atoms with Crippen LogP contribution in [0.1, 0.15) is 56.1 Å². The van der Waals surface area contributed by atoms with Crippen LogP contribution in [-0.2, 0) is 11.2 Å². The summed E-state index contributed by atoms with van der Waals surface area (Å²) in [6.45, 7) is 2.10. The Balaban J connectivity index is 1.42. The van der Waals surface area contributed by atoms with Crippen molar-refractivity contribution in [1.82, 2.24) is 0 Å². The molecule has 0 heterocycles. The Kier molecular flexibility index (Phi) is 7.17. The molecule has 0 atom stereocenters. The van der Waals surface area contributed by atoms with E-state index in [1.165, 1.54) is 29.8 Å². The van der Waals surface area contributed by atoms with Crippen molar-refractivity contribution >= 4 is 5.97 Å². The van der Waals surface area contributed by atoms with Crippen LogP contribution in [0.15, 0.2) is 60.7 Å². The lowest BCUT2D eigenvalue weighted by molar-refractivity contribution is -0.140. The molecule has 0 spiro atoms. The van der Waals surface area contributed by atoms with Gasteiger partial charge < -0.3 is 4.74 Å². The Morgan fingerprint density at radius 3 is 2.30 bits per heavy atom. The van der Waals surface area contributed by atoms with Gasteiger partial charge in [0, 0.05) is 11.6 Å². The van der Waals surface area contributed by atoms with Crippen LogP contribution in [0.25, 0.3) is 11.1 Å². The summed E-state index contributed by atoms with van der Waals surface area (Å²) in [6.07, 6.45) is 4.13. The fourth-order valence-corrected chi connectivity index (χ4v) is 4.61. The van der Waals surface area contributed by atoms with Gasteiger partial charge in [-0.15, -0.1) is 0 Å². The zero-order valence-electron chi connectivity index (χ0n) is 18.6. The normalized spacial score (nSPS) is 18.2. The average Bonchev–Trinajstić information content (AvgIpc) is 2.82. The quantitative estimate of drug-likeness (QED) is 0.284. The zero-order chi connectivity index (χ0) is 23.4. The lowest BCUT2D eigenvalue weighted by Crippen LogP contribution is -2.25. The van der Waals surface area contributed by atoms with E-state index in [0.29, 0.717) is 36.8 Å². The molecule has 0 aromatic heterocycles. The van der Waals surface area contributed by atoms with Crippen molar-refractivity contribution in [2.24, 2.45) is 5.92 Å². The van der Waals surface area contributed by atoms with Gasteiger partial charge in [-0.25, -0.2) is 13.2 Å². The highest BCUT2D eigenvalue weighted by Gasteiger charge is 2.30. The number of hydrogen-bond donors (Lipinski definition) is 0. The zero-order valence-corrected chi connectivity index (χ0v) is 18.6. The van der Waals surface area contributed by atoms with Crippen molar-refractivity contribution in [3.63, 3.8) is 0 Å².